The van der Waals surface area contributed by atoms with Gasteiger partial charge in [-0.25, -0.2) is 0 Å². The van der Waals surface area contributed by atoms with Crippen LogP contribution >= 0.6 is 0 Å². The average Bonchev–Trinajstić information content (AvgIpc) is 3.02. The largest absolute Gasteiger partial charge is 0.497 e. The zero-order valence-electron chi connectivity index (χ0n) is 12.5. The van der Waals surface area contributed by atoms with E-state index >= 15 is 0 Å². The van der Waals surface area contributed by atoms with Crippen LogP contribution in [-0.4, -0.2) is 28.8 Å². The van der Waals surface area contributed by atoms with Gasteiger partial charge in [0.05, 0.1) is 12.7 Å². The number of carbonyl (C=O) groups is 2. The van der Waals surface area contributed by atoms with Crippen molar-refractivity contribution in [3.63, 3.8) is 0 Å². The summed E-state index contributed by atoms with van der Waals surface area (Å²) in [7, 11) is 1.57. The van der Waals surface area contributed by atoms with Crippen LogP contribution in [-0.2, 0) is 11.3 Å². The van der Waals surface area contributed by atoms with Crippen molar-refractivity contribution in [2.75, 3.05) is 7.11 Å². The number of fused-ring (bicyclic) bond motifs is 1. The smallest absolute Gasteiger partial charge is 0.292 e. The van der Waals surface area contributed by atoms with Crippen LogP contribution in [0.4, 0.5) is 0 Å². The van der Waals surface area contributed by atoms with Gasteiger partial charge in [0.15, 0.2) is 0 Å². The second-order valence-corrected chi connectivity index (χ2v) is 4.99. The lowest BCUT2D eigenvalue weighted by atomic mass is 10.1. The Balaban J connectivity index is 1.76. The van der Waals surface area contributed by atoms with E-state index in [2.05, 4.69) is 15.3 Å². The lowest BCUT2D eigenvalue weighted by Gasteiger charge is -2.04. The van der Waals surface area contributed by atoms with E-state index < -0.39 is 11.7 Å². The lowest BCUT2D eigenvalue weighted by molar-refractivity contribution is -0.117. The number of H-pyrrole nitrogens is 1. The summed E-state index contributed by atoms with van der Waals surface area (Å²) < 4.78 is 5.14. The quantitative estimate of drug-likeness (QED) is 0.558. The van der Waals surface area contributed by atoms with Gasteiger partial charge in [-0.3, -0.25) is 14.6 Å². The van der Waals surface area contributed by atoms with Gasteiger partial charge in [0, 0.05) is 42.1 Å². The number of Topliss-reactive ketones (excluding diaryl/α,β-unsaturated/α-hetero) is 1. The summed E-state index contributed by atoms with van der Waals surface area (Å²) in [5.74, 6) is -0.546. The highest BCUT2D eigenvalue weighted by Crippen LogP contribution is 2.23. The topological polar surface area (TPSA) is 84.1 Å². The second kappa shape index (κ2) is 6.31. The number of nitrogens with one attached hydrogen (secondary N) is 2. The van der Waals surface area contributed by atoms with E-state index in [4.69, 9.17) is 4.74 Å². The van der Waals surface area contributed by atoms with Crippen LogP contribution in [0, 0.1) is 0 Å². The van der Waals surface area contributed by atoms with Gasteiger partial charge in [0.25, 0.3) is 11.7 Å². The van der Waals surface area contributed by atoms with Crippen LogP contribution in [0.1, 0.15) is 15.9 Å². The van der Waals surface area contributed by atoms with Crippen molar-refractivity contribution in [2.45, 2.75) is 6.54 Å². The van der Waals surface area contributed by atoms with Crippen molar-refractivity contribution < 1.29 is 14.3 Å². The van der Waals surface area contributed by atoms with Gasteiger partial charge in [-0.15, -0.1) is 0 Å². The zero-order valence-corrected chi connectivity index (χ0v) is 12.5. The molecule has 0 aliphatic heterocycles. The molecule has 0 unspecified atom stereocenters. The molecule has 3 aromatic rings. The highest BCUT2D eigenvalue weighted by molar-refractivity contribution is 6.44. The molecule has 116 valence electrons. The number of hydrogen-bond acceptors (Lipinski definition) is 4. The second-order valence-electron chi connectivity index (χ2n) is 4.99. The van der Waals surface area contributed by atoms with Gasteiger partial charge in [-0.1, -0.05) is 6.07 Å². The van der Waals surface area contributed by atoms with Crippen LogP contribution < -0.4 is 10.1 Å². The Morgan fingerprint density at radius 3 is 2.91 bits per heavy atom. The van der Waals surface area contributed by atoms with Gasteiger partial charge in [-0.05, 0) is 23.8 Å². The van der Waals surface area contributed by atoms with Crippen LogP contribution in [0.3, 0.4) is 0 Å². The molecular formula is C17H15N3O3. The number of rotatable bonds is 5. The number of pyridine rings is 1. The number of hydrogen-bond donors (Lipinski definition) is 2. The Morgan fingerprint density at radius 2 is 2.17 bits per heavy atom. The maximum Gasteiger partial charge on any atom is 0.292 e. The number of ether oxygens (including phenoxy) is 1. The minimum Gasteiger partial charge on any atom is -0.497 e. The number of ketones is 1. The van der Waals surface area contributed by atoms with E-state index in [0.29, 0.717) is 16.7 Å². The number of benzene rings is 1. The monoisotopic (exact) mass is 309 g/mol. The fourth-order valence-electron chi connectivity index (χ4n) is 2.31. The third-order valence-electron chi connectivity index (χ3n) is 3.52. The number of aromatic nitrogens is 2. The van der Waals surface area contributed by atoms with E-state index in [1.165, 1.54) is 6.20 Å². The number of amides is 1. The first-order valence-electron chi connectivity index (χ1n) is 7.05. The molecule has 2 aromatic heterocycles. The summed E-state index contributed by atoms with van der Waals surface area (Å²) in [5, 5.41) is 3.29. The first-order valence-corrected chi connectivity index (χ1v) is 7.05. The molecule has 0 saturated carbocycles. The molecule has 0 fully saturated rings. The zero-order chi connectivity index (χ0) is 16.2. The van der Waals surface area contributed by atoms with Crippen molar-refractivity contribution in [3.8, 4) is 5.75 Å². The Hall–Kier alpha value is -3.15. The minimum atomic E-state index is -0.648. The summed E-state index contributed by atoms with van der Waals surface area (Å²) in [4.78, 5) is 31.3. The summed E-state index contributed by atoms with van der Waals surface area (Å²) in [6.45, 7) is 0.259. The van der Waals surface area contributed by atoms with E-state index in [1.54, 1.807) is 43.8 Å². The lowest BCUT2D eigenvalue weighted by Crippen LogP contribution is -2.30. The summed E-state index contributed by atoms with van der Waals surface area (Å²) in [6, 6.07) is 8.89. The molecule has 6 nitrogen and oxygen atoms in total. The molecule has 0 spiro atoms. The summed E-state index contributed by atoms with van der Waals surface area (Å²) in [6.07, 6.45) is 4.83. The van der Waals surface area contributed by atoms with Gasteiger partial charge in [0.1, 0.15) is 5.75 Å². The maximum absolute atomic E-state index is 12.3. The molecule has 23 heavy (non-hydrogen) atoms. The third kappa shape index (κ3) is 3.06. The van der Waals surface area contributed by atoms with E-state index in [0.717, 1.165) is 11.1 Å². The molecule has 3 rings (SSSR count). The Kier molecular flexibility index (Phi) is 4.05. The van der Waals surface area contributed by atoms with Gasteiger partial charge >= 0.3 is 0 Å². The first kappa shape index (κ1) is 14.8. The normalized spacial score (nSPS) is 10.5. The third-order valence-corrected chi connectivity index (χ3v) is 3.52. The number of carbonyl (C=O) groups excluding carboxylic acids is 2. The van der Waals surface area contributed by atoms with Crippen LogP contribution in [0.15, 0.2) is 48.9 Å². The fourth-order valence-corrected chi connectivity index (χ4v) is 2.31. The predicted molar refractivity (Wildman–Crippen MR) is 85.3 cm³/mol. The van der Waals surface area contributed by atoms with Crippen molar-refractivity contribution in [3.05, 3.63) is 60.0 Å². The van der Waals surface area contributed by atoms with E-state index in [9.17, 15) is 9.59 Å². The van der Waals surface area contributed by atoms with Gasteiger partial charge in [-0.2, -0.15) is 0 Å². The standard InChI is InChI=1S/C17H15N3O3/c1-23-12-4-5-13-14(10-19-15(13)7-12)16(21)17(22)20-9-11-3-2-6-18-8-11/h2-8,10,19H,9H2,1H3,(H,20,22). The fraction of sp³-hybridized carbons (Fsp3) is 0.118. The molecule has 0 saturated heterocycles. The molecule has 0 bridgehead atoms. The molecule has 0 aliphatic rings. The molecular weight excluding hydrogens is 294 g/mol. The average molecular weight is 309 g/mol. The molecule has 1 aromatic carbocycles. The van der Waals surface area contributed by atoms with Crippen LogP contribution in [0.2, 0.25) is 0 Å². The molecule has 0 atom stereocenters. The molecule has 1 amide bonds. The van der Waals surface area contributed by atoms with Crippen LogP contribution in [0.25, 0.3) is 10.9 Å². The Morgan fingerprint density at radius 1 is 1.30 bits per heavy atom. The minimum absolute atomic E-state index is 0.259. The molecule has 6 heteroatoms. The van der Waals surface area contributed by atoms with E-state index in [1.807, 2.05) is 6.07 Å². The first-order chi connectivity index (χ1) is 11.2. The van der Waals surface area contributed by atoms with Crippen molar-refractivity contribution >= 4 is 22.6 Å². The Bertz CT molecular complexity index is 856. The number of methoxy groups -OCH3 is 1. The Labute approximate surface area is 132 Å². The highest BCUT2D eigenvalue weighted by Gasteiger charge is 2.19. The van der Waals surface area contributed by atoms with Gasteiger partial charge in [0.2, 0.25) is 0 Å². The maximum atomic E-state index is 12.3. The van der Waals surface area contributed by atoms with Crippen molar-refractivity contribution in [2.24, 2.45) is 0 Å². The van der Waals surface area contributed by atoms with Gasteiger partial charge < -0.3 is 15.0 Å². The molecule has 0 radical (unpaired) electrons. The predicted octanol–water partition coefficient (Wildman–Crippen LogP) is 2.07. The highest BCUT2D eigenvalue weighted by atomic mass is 16.5. The molecule has 0 aliphatic carbocycles. The van der Waals surface area contributed by atoms with E-state index in [-0.39, 0.29) is 6.54 Å². The van der Waals surface area contributed by atoms with Crippen LogP contribution in [0.5, 0.6) is 5.75 Å². The summed E-state index contributed by atoms with van der Waals surface area (Å²) >= 11 is 0. The SMILES string of the molecule is COc1ccc2c(C(=O)C(=O)NCc3cccnc3)c[nH]c2c1. The molecule has 2 N–H and O–H groups in total. The number of nitrogens with zero attached hydrogens (tertiary/aromatic N) is 1. The molecule has 2 heterocycles. The van der Waals surface area contributed by atoms with Crippen molar-refractivity contribution in [1.82, 2.24) is 15.3 Å². The van der Waals surface area contributed by atoms with Crippen molar-refractivity contribution in [1.29, 1.82) is 0 Å². The number of aromatic amines is 1. The summed E-state index contributed by atoms with van der Waals surface area (Å²) in [5.41, 5.74) is 1.91.